The van der Waals surface area contributed by atoms with Gasteiger partial charge in [-0.1, -0.05) is 24.8 Å². The Morgan fingerprint density at radius 3 is 2.63 bits per heavy atom. The maximum absolute atomic E-state index is 12.6. The number of thiazole rings is 1. The molecule has 2 heterocycles. The van der Waals surface area contributed by atoms with Gasteiger partial charge in [0.2, 0.25) is 0 Å². The quantitative estimate of drug-likeness (QED) is 0.206. The van der Waals surface area contributed by atoms with E-state index in [1.165, 1.54) is 29.2 Å². The second kappa shape index (κ2) is 11.6. The third-order valence-electron chi connectivity index (χ3n) is 5.15. The Bertz CT molecular complexity index is 1350. The highest BCUT2D eigenvalue weighted by molar-refractivity contribution is 7.18. The lowest BCUT2D eigenvalue weighted by Crippen LogP contribution is -2.09. The number of hydrogen-bond acceptors (Lipinski definition) is 9. The van der Waals surface area contributed by atoms with Crippen molar-refractivity contribution < 1.29 is 19.1 Å². The van der Waals surface area contributed by atoms with Crippen LogP contribution in [0, 0.1) is 32.1 Å². The maximum atomic E-state index is 12.6. The first-order valence-corrected chi connectivity index (χ1v) is 12.5. The molecule has 9 heteroatoms. The molecule has 180 valence electrons. The topological polar surface area (TPSA) is 101 Å². The van der Waals surface area contributed by atoms with Crippen LogP contribution in [0.4, 0.5) is 5.00 Å². The standard InChI is InChI=1S/C26H25N3O4S2/c1-6-10-33-26(31)22-17(5)21(25(30)32-7-2)24(35-22)28-13-19(12-27)23-29-20(14-34-23)18-9-8-15(3)16(4)11-18/h6,8-9,11,13-14,28H,1,7,10H2,2-5H3. The molecule has 0 radical (unpaired) electrons. The van der Waals surface area contributed by atoms with Crippen molar-refractivity contribution in [2.75, 3.05) is 18.5 Å². The molecule has 0 saturated carbocycles. The molecule has 0 amide bonds. The van der Waals surface area contributed by atoms with Crippen molar-refractivity contribution in [3.05, 3.63) is 74.6 Å². The number of nitrogens with zero attached hydrogens (tertiary/aromatic N) is 2. The van der Waals surface area contributed by atoms with Crippen LogP contribution in [0.25, 0.3) is 16.8 Å². The van der Waals surface area contributed by atoms with E-state index in [1.807, 2.05) is 24.4 Å². The number of hydrogen-bond donors (Lipinski definition) is 1. The second-order valence-electron chi connectivity index (χ2n) is 7.52. The van der Waals surface area contributed by atoms with Crippen molar-refractivity contribution in [3.63, 3.8) is 0 Å². The SMILES string of the molecule is C=CCOC(=O)c1sc(NC=C(C#N)c2nc(-c3ccc(C)c(C)c3)cs2)c(C(=O)OCC)c1C. The third kappa shape index (κ3) is 5.85. The van der Waals surface area contributed by atoms with Gasteiger partial charge in [0, 0.05) is 17.1 Å². The van der Waals surface area contributed by atoms with Crippen LogP contribution < -0.4 is 5.32 Å². The van der Waals surface area contributed by atoms with E-state index in [0.29, 0.717) is 21.1 Å². The van der Waals surface area contributed by atoms with E-state index in [9.17, 15) is 14.9 Å². The van der Waals surface area contributed by atoms with Crippen LogP contribution in [-0.4, -0.2) is 30.1 Å². The molecular formula is C26H25N3O4S2. The van der Waals surface area contributed by atoms with Gasteiger partial charge in [-0.2, -0.15) is 5.26 Å². The van der Waals surface area contributed by atoms with Crippen LogP contribution in [0.15, 0.2) is 42.4 Å². The molecule has 0 aliphatic heterocycles. The zero-order valence-electron chi connectivity index (χ0n) is 19.9. The van der Waals surface area contributed by atoms with Crippen LogP contribution in [0.3, 0.4) is 0 Å². The summed E-state index contributed by atoms with van der Waals surface area (Å²) < 4.78 is 10.3. The van der Waals surface area contributed by atoms with Crippen LogP contribution >= 0.6 is 22.7 Å². The maximum Gasteiger partial charge on any atom is 0.348 e. The molecule has 0 bridgehead atoms. The normalized spacial score (nSPS) is 11.0. The molecule has 0 aliphatic rings. The lowest BCUT2D eigenvalue weighted by Gasteiger charge is -2.05. The highest BCUT2D eigenvalue weighted by Crippen LogP contribution is 2.35. The Morgan fingerprint density at radius 2 is 1.97 bits per heavy atom. The lowest BCUT2D eigenvalue weighted by atomic mass is 10.1. The van der Waals surface area contributed by atoms with E-state index < -0.39 is 11.9 Å². The van der Waals surface area contributed by atoms with Crippen molar-refractivity contribution in [3.8, 4) is 17.3 Å². The molecule has 0 atom stereocenters. The largest absolute Gasteiger partial charge is 0.462 e. The predicted molar refractivity (Wildman–Crippen MR) is 140 cm³/mol. The molecule has 35 heavy (non-hydrogen) atoms. The van der Waals surface area contributed by atoms with Crippen LogP contribution in [0.2, 0.25) is 0 Å². The van der Waals surface area contributed by atoms with Gasteiger partial charge in [0.15, 0.2) is 0 Å². The van der Waals surface area contributed by atoms with Crippen molar-refractivity contribution in [2.45, 2.75) is 27.7 Å². The first-order valence-electron chi connectivity index (χ1n) is 10.8. The summed E-state index contributed by atoms with van der Waals surface area (Å²) in [5.74, 6) is -1.13. The molecule has 0 unspecified atom stereocenters. The molecule has 0 saturated heterocycles. The summed E-state index contributed by atoms with van der Waals surface area (Å²) in [6.45, 7) is 11.2. The molecular weight excluding hydrogens is 482 g/mol. The number of carbonyl (C=O) groups excluding carboxylic acids is 2. The number of ether oxygens (including phenoxy) is 2. The van der Waals surface area contributed by atoms with E-state index >= 15 is 0 Å². The molecule has 0 aliphatic carbocycles. The number of carbonyl (C=O) groups is 2. The average molecular weight is 508 g/mol. The van der Waals surface area contributed by atoms with Crippen LogP contribution in [0.1, 0.15) is 48.7 Å². The average Bonchev–Trinajstić information content (AvgIpc) is 3.45. The molecule has 1 aromatic carbocycles. The number of esters is 2. The predicted octanol–water partition coefficient (Wildman–Crippen LogP) is 6.29. The summed E-state index contributed by atoms with van der Waals surface area (Å²) in [5.41, 5.74) is 5.08. The molecule has 7 nitrogen and oxygen atoms in total. The smallest absolute Gasteiger partial charge is 0.348 e. The number of aryl methyl sites for hydroxylation is 2. The number of allylic oxidation sites excluding steroid dienone is 1. The molecule has 0 spiro atoms. The van der Waals surface area contributed by atoms with Crippen molar-refractivity contribution in [1.82, 2.24) is 4.98 Å². The zero-order chi connectivity index (χ0) is 25.5. The number of aromatic nitrogens is 1. The molecule has 3 rings (SSSR count). The molecule has 3 aromatic rings. The monoisotopic (exact) mass is 507 g/mol. The van der Waals surface area contributed by atoms with Gasteiger partial charge in [0.1, 0.15) is 33.1 Å². The van der Waals surface area contributed by atoms with Crippen molar-refractivity contribution in [1.29, 1.82) is 5.26 Å². The van der Waals surface area contributed by atoms with E-state index in [2.05, 4.69) is 35.9 Å². The van der Waals surface area contributed by atoms with E-state index in [0.717, 1.165) is 28.2 Å². The summed E-state index contributed by atoms with van der Waals surface area (Å²) in [6.07, 6.45) is 2.95. The van der Waals surface area contributed by atoms with E-state index in [-0.39, 0.29) is 23.7 Å². The number of nitrogens with one attached hydrogen (secondary N) is 1. The fourth-order valence-corrected chi connectivity index (χ4v) is 5.02. The van der Waals surface area contributed by atoms with E-state index in [1.54, 1.807) is 13.8 Å². The molecule has 0 fully saturated rings. The van der Waals surface area contributed by atoms with Gasteiger partial charge in [-0.05, 0) is 50.5 Å². The van der Waals surface area contributed by atoms with Gasteiger partial charge in [-0.25, -0.2) is 14.6 Å². The van der Waals surface area contributed by atoms with Gasteiger partial charge < -0.3 is 14.8 Å². The first kappa shape index (κ1) is 25.9. The van der Waals surface area contributed by atoms with Gasteiger partial charge in [-0.3, -0.25) is 0 Å². The summed E-state index contributed by atoms with van der Waals surface area (Å²) >= 11 is 2.41. The van der Waals surface area contributed by atoms with Gasteiger partial charge in [-0.15, -0.1) is 22.7 Å². The van der Waals surface area contributed by atoms with E-state index in [4.69, 9.17) is 9.47 Å². The Hall–Kier alpha value is -3.74. The number of nitriles is 1. The van der Waals surface area contributed by atoms with Gasteiger partial charge >= 0.3 is 11.9 Å². The van der Waals surface area contributed by atoms with Crippen LogP contribution in [-0.2, 0) is 9.47 Å². The molecule has 1 N–H and O–H groups in total. The van der Waals surface area contributed by atoms with Crippen molar-refractivity contribution in [2.24, 2.45) is 0 Å². The summed E-state index contributed by atoms with van der Waals surface area (Å²) in [6, 6.07) is 8.26. The minimum absolute atomic E-state index is 0.0546. The Morgan fingerprint density at radius 1 is 1.20 bits per heavy atom. The highest BCUT2D eigenvalue weighted by atomic mass is 32.1. The number of thiophene rings is 1. The van der Waals surface area contributed by atoms with Gasteiger partial charge in [0.05, 0.1) is 17.9 Å². The third-order valence-corrected chi connectivity index (χ3v) is 7.23. The fourth-order valence-electron chi connectivity index (χ4n) is 3.17. The number of benzene rings is 1. The second-order valence-corrected chi connectivity index (χ2v) is 9.40. The lowest BCUT2D eigenvalue weighted by molar-refractivity contribution is 0.0527. The fraction of sp³-hybridized carbons (Fsp3) is 0.231. The van der Waals surface area contributed by atoms with Gasteiger partial charge in [0.25, 0.3) is 0 Å². The zero-order valence-corrected chi connectivity index (χ0v) is 21.6. The molecule has 2 aromatic heterocycles. The first-order chi connectivity index (χ1) is 16.8. The number of anilines is 1. The summed E-state index contributed by atoms with van der Waals surface area (Å²) in [4.78, 5) is 30.0. The highest BCUT2D eigenvalue weighted by Gasteiger charge is 2.26. The van der Waals surface area contributed by atoms with Crippen molar-refractivity contribution >= 4 is 45.2 Å². The van der Waals surface area contributed by atoms with Crippen LogP contribution in [0.5, 0.6) is 0 Å². The minimum Gasteiger partial charge on any atom is -0.462 e. The number of rotatable bonds is 9. The summed E-state index contributed by atoms with van der Waals surface area (Å²) in [7, 11) is 0. The Kier molecular flexibility index (Phi) is 8.58. The Labute approximate surface area is 212 Å². The summed E-state index contributed by atoms with van der Waals surface area (Å²) in [5, 5.41) is 15.6. The minimum atomic E-state index is -0.565. The Balaban J connectivity index is 1.93.